The molecule has 1 heterocycles. The molecule has 0 unspecified atom stereocenters. The van der Waals surface area contributed by atoms with E-state index in [9.17, 15) is 4.79 Å². The number of nitrogens with one attached hydrogen (secondary N) is 1. The van der Waals surface area contributed by atoms with Crippen molar-refractivity contribution in [1.29, 1.82) is 0 Å². The minimum atomic E-state index is 0.0432. The predicted octanol–water partition coefficient (Wildman–Crippen LogP) is 4.20. The normalized spacial score (nSPS) is 16.5. The lowest BCUT2D eigenvalue weighted by atomic mass is 10.0. The number of hydrogen-bond acceptors (Lipinski definition) is 2. The SMILES string of the molecule is CC(C)c1ccccc1NC(=O)CN1c2ccccc2C[C@@H]1C. The number of nitrogens with zero attached hydrogens (tertiary/aromatic N) is 1. The summed E-state index contributed by atoms with van der Waals surface area (Å²) in [5.74, 6) is 0.430. The minimum Gasteiger partial charge on any atom is -0.359 e. The molecule has 2 aromatic carbocycles. The Kier molecular flexibility index (Phi) is 4.37. The number of hydrogen-bond donors (Lipinski definition) is 1. The summed E-state index contributed by atoms with van der Waals surface area (Å²) in [5.41, 5.74) is 4.62. The zero-order chi connectivity index (χ0) is 16.4. The molecule has 0 radical (unpaired) electrons. The van der Waals surface area contributed by atoms with Crippen LogP contribution in [0.15, 0.2) is 48.5 Å². The maximum atomic E-state index is 12.5. The smallest absolute Gasteiger partial charge is 0.243 e. The Morgan fingerprint density at radius 1 is 1.17 bits per heavy atom. The number of anilines is 2. The summed E-state index contributed by atoms with van der Waals surface area (Å²) in [7, 11) is 0. The van der Waals surface area contributed by atoms with Crippen LogP contribution in [0.25, 0.3) is 0 Å². The van der Waals surface area contributed by atoms with E-state index in [1.807, 2.05) is 24.3 Å². The number of para-hydroxylation sites is 2. The fourth-order valence-electron chi connectivity index (χ4n) is 3.33. The molecule has 3 heteroatoms. The van der Waals surface area contributed by atoms with E-state index in [2.05, 4.69) is 55.3 Å². The van der Waals surface area contributed by atoms with Gasteiger partial charge in [0.1, 0.15) is 0 Å². The monoisotopic (exact) mass is 308 g/mol. The van der Waals surface area contributed by atoms with Gasteiger partial charge in [-0.2, -0.15) is 0 Å². The number of carbonyl (C=O) groups excluding carboxylic acids is 1. The van der Waals surface area contributed by atoms with Crippen LogP contribution in [0.1, 0.15) is 37.8 Å². The summed E-state index contributed by atoms with van der Waals surface area (Å²) in [5, 5.41) is 3.09. The number of amides is 1. The second-order valence-corrected chi connectivity index (χ2v) is 6.60. The van der Waals surface area contributed by atoms with Gasteiger partial charge >= 0.3 is 0 Å². The molecule has 120 valence electrons. The van der Waals surface area contributed by atoms with Gasteiger partial charge in [-0.25, -0.2) is 0 Å². The molecule has 1 aliphatic rings. The highest BCUT2D eigenvalue weighted by Crippen LogP contribution is 2.31. The first-order chi connectivity index (χ1) is 11.1. The molecule has 1 atom stereocenters. The van der Waals surface area contributed by atoms with Gasteiger partial charge in [-0.15, -0.1) is 0 Å². The summed E-state index contributed by atoms with van der Waals surface area (Å²) in [6, 6.07) is 16.8. The molecule has 0 aromatic heterocycles. The molecule has 1 aliphatic heterocycles. The maximum absolute atomic E-state index is 12.5. The van der Waals surface area contributed by atoms with Crippen LogP contribution in [-0.4, -0.2) is 18.5 Å². The van der Waals surface area contributed by atoms with E-state index >= 15 is 0 Å². The quantitative estimate of drug-likeness (QED) is 0.918. The standard InChI is InChI=1S/C20H24N2O/c1-14(2)17-9-5-6-10-18(17)21-20(23)13-22-15(3)12-16-8-4-7-11-19(16)22/h4-11,14-15H,12-13H2,1-3H3,(H,21,23)/t15-/m0/s1. The summed E-state index contributed by atoms with van der Waals surface area (Å²) >= 11 is 0. The van der Waals surface area contributed by atoms with E-state index in [0.29, 0.717) is 18.5 Å². The Morgan fingerprint density at radius 2 is 1.87 bits per heavy atom. The number of fused-ring (bicyclic) bond motifs is 1. The van der Waals surface area contributed by atoms with Gasteiger partial charge in [0.15, 0.2) is 0 Å². The van der Waals surface area contributed by atoms with E-state index in [1.165, 1.54) is 16.8 Å². The van der Waals surface area contributed by atoms with Crippen LogP contribution in [0.4, 0.5) is 11.4 Å². The molecular weight excluding hydrogens is 284 g/mol. The summed E-state index contributed by atoms with van der Waals surface area (Å²) < 4.78 is 0. The third-order valence-corrected chi connectivity index (χ3v) is 4.52. The fraction of sp³-hybridized carbons (Fsp3) is 0.350. The van der Waals surface area contributed by atoms with Crippen LogP contribution in [0.5, 0.6) is 0 Å². The summed E-state index contributed by atoms with van der Waals surface area (Å²) in [6.45, 7) is 6.85. The van der Waals surface area contributed by atoms with Crippen molar-refractivity contribution in [2.45, 2.75) is 39.2 Å². The van der Waals surface area contributed by atoms with E-state index in [-0.39, 0.29) is 5.91 Å². The molecule has 1 amide bonds. The molecule has 23 heavy (non-hydrogen) atoms. The summed E-state index contributed by atoms with van der Waals surface area (Å²) in [4.78, 5) is 14.7. The van der Waals surface area contributed by atoms with Crippen molar-refractivity contribution < 1.29 is 4.79 Å². The zero-order valence-electron chi connectivity index (χ0n) is 14.0. The Balaban J connectivity index is 1.74. The molecule has 3 nitrogen and oxygen atoms in total. The fourth-order valence-corrected chi connectivity index (χ4v) is 3.33. The highest BCUT2D eigenvalue weighted by Gasteiger charge is 2.27. The molecule has 0 saturated heterocycles. The van der Waals surface area contributed by atoms with Crippen LogP contribution < -0.4 is 10.2 Å². The number of benzene rings is 2. The minimum absolute atomic E-state index is 0.0432. The molecule has 0 aliphatic carbocycles. The first kappa shape index (κ1) is 15.6. The van der Waals surface area contributed by atoms with Crippen molar-refractivity contribution in [3.05, 3.63) is 59.7 Å². The van der Waals surface area contributed by atoms with Gasteiger partial charge in [0.05, 0.1) is 6.54 Å². The Bertz CT molecular complexity index is 708. The van der Waals surface area contributed by atoms with Crippen LogP contribution in [0.2, 0.25) is 0 Å². The lowest BCUT2D eigenvalue weighted by Crippen LogP contribution is -2.37. The third kappa shape index (κ3) is 3.24. The Labute approximate surface area is 138 Å². The molecular formula is C20H24N2O. The summed E-state index contributed by atoms with van der Waals surface area (Å²) in [6.07, 6.45) is 1.01. The van der Waals surface area contributed by atoms with Gasteiger partial charge < -0.3 is 10.2 Å². The van der Waals surface area contributed by atoms with Crippen molar-refractivity contribution >= 4 is 17.3 Å². The van der Waals surface area contributed by atoms with Gasteiger partial charge in [0.25, 0.3) is 0 Å². The van der Waals surface area contributed by atoms with Gasteiger partial charge in [0.2, 0.25) is 5.91 Å². The van der Waals surface area contributed by atoms with Crippen molar-refractivity contribution in [3.8, 4) is 0 Å². The average Bonchev–Trinajstić information content (AvgIpc) is 2.83. The highest BCUT2D eigenvalue weighted by molar-refractivity contribution is 5.95. The highest BCUT2D eigenvalue weighted by atomic mass is 16.2. The van der Waals surface area contributed by atoms with Crippen molar-refractivity contribution in [2.75, 3.05) is 16.8 Å². The first-order valence-corrected chi connectivity index (χ1v) is 8.29. The first-order valence-electron chi connectivity index (χ1n) is 8.29. The second-order valence-electron chi connectivity index (χ2n) is 6.60. The number of carbonyl (C=O) groups is 1. The molecule has 1 N–H and O–H groups in total. The lowest BCUT2D eigenvalue weighted by molar-refractivity contribution is -0.115. The van der Waals surface area contributed by atoms with Crippen LogP contribution in [0.3, 0.4) is 0 Å². The third-order valence-electron chi connectivity index (χ3n) is 4.52. The molecule has 0 bridgehead atoms. The Hall–Kier alpha value is -2.29. The van der Waals surface area contributed by atoms with Gasteiger partial charge in [0, 0.05) is 17.4 Å². The van der Waals surface area contributed by atoms with Crippen molar-refractivity contribution in [1.82, 2.24) is 0 Å². The molecule has 2 aromatic rings. The van der Waals surface area contributed by atoms with Crippen LogP contribution in [-0.2, 0) is 11.2 Å². The maximum Gasteiger partial charge on any atom is 0.243 e. The molecule has 0 saturated carbocycles. The molecule has 0 spiro atoms. The second kappa shape index (κ2) is 6.45. The van der Waals surface area contributed by atoms with Crippen molar-refractivity contribution in [3.63, 3.8) is 0 Å². The zero-order valence-corrected chi connectivity index (χ0v) is 14.0. The average molecular weight is 308 g/mol. The molecule has 0 fully saturated rings. The largest absolute Gasteiger partial charge is 0.359 e. The number of rotatable bonds is 4. The van der Waals surface area contributed by atoms with Crippen molar-refractivity contribution in [2.24, 2.45) is 0 Å². The van der Waals surface area contributed by atoms with E-state index in [4.69, 9.17) is 0 Å². The lowest BCUT2D eigenvalue weighted by Gasteiger charge is -2.24. The van der Waals surface area contributed by atoms with Crippen LogP contribution >= 0.6 is 0 Å². The Morgan fingerprint density at radius 3 is 2.65 bits per heavy atom. The predicted molar refractivity (Wildman–Crippen MR) is 96.1 cm³/mol. The van der Waals surface area contributed by atoms with E-state index in [1.54, 1.807) is 0 Å². The van der Waals surface area contributed by atoms with Gasteiger partial charge in [-0.05, 0) is 42.5 Å². The van der Waals surface area contributed by atoms with E-state index in [0.717, 1.165) is 12.1 Å². The topological polar surface area (TPSA) is 32.3 Å². The molecule has 3 rings (SSSR count). The van der Waals surface area contributed by atoms with Gasteiger partial charge in [-0.3, -0.25) is 4.79 Å². The van der Waals surface area contributed by atoms with Crippen LogP contribution in [0, 0.1) is 0 Å². The van der Waals surface area contributed by atoms with E-state index < -0.39 is 0 Å². The van der Waals surface area contributed by atoms with Gasteiger partial charge in [-0.1, -0.05) is 50.2 Å².